The second-order valence-electron chi connectivity index (χ2n) is 4.52. The number of ether oxygens (including phenoxy) is 3. The molecule has 0 bridgehead atoms. The van der Waals surface area contributed by atoms with Crippen molar-refractivity contribution in [1.29, 1.82) is 0 Å². The molecule has 3 rings (SSSR count). The zero-order valence-electron chi connectivity index (χ0n) is 9.85. The molecule has 1 fully saturated rings. The molecule has 5 heteroatoms. The van der Waals surface area contributed by atoms with Crippen molar-refractivity contribution in [2.24, 2.45) is 0 Å². The summed E-state index contributed by atoms with van der Waals surface area (Å²) in [4.78, 5) is 0. The number of hydrogen-bond donors (Lipinski definition) is 1. The summed E-state index contributed by atoms with van der Waals surface area (Å²) in [6, 6.07) is 0. The number of fused-ring (bicyclic) bond motifs is 1. The van der Waals surface area contributed by atoms with E-state index in [-0.39, 0.29) is 12.4 Å². The Morgan fingerprint density at radius 3 is 3.18 bits per heavy atom. The molecule has 1 saturated heterocycles. The van der Waals surface area contributed by atoms with Gasteiger partial charge in [0.2, 0.25) is 0 Å². The topological polar surface area (TPSA) is 56.4 Å². The van der Waals surface area contributed by atoms with Gasteiger partial charge in [-0.15, -0.1) is 0 Å². The molecule has 1 unspecified atom stereocenters. The molecule has 94 valence electrons. The first-order chi connectivity index (χ1) is 8.43. The van der Waals surface area contributed by atoms with E-state index in [1.54, 1.807) is 0 Å². The van der Waals surface area contributed by atoms with Gasteiger partial charge in [-0.05, 0) is 24.8 Å². The summed E-state index contributed by atoms with van der Waals surface area (Å²) < 4.78 is 16.6. The highest BCUT2D eigenvalue weighted by Gasteiger charge is 2.23. The van der Waals surface area contributed by atoms with Crippen molar-refractivity contribution in [1.82, 2.24) is 10.2 Å². The van der Waals surface area contributed by atoms with Crippen LogP contribution in [-0.2, 0) is 20.6 Å². The Bertz CT molecular complexity index is 360. The minimum atomic E-state index is -0.0696. The summed E-state index contributed by atoms with van der Waals surface area (Å²) in [5, 5.41) is 7.13. The quantitative estimate of drug-likeness (QED) is 0.865. The Morgan fingerprint density at radius 1 is 1.41 bits per heavy atom. The number of aromatic amines is 1. The maximum Gasteiger partial charge on any atom is 0.160 e. The van der Waals surface area contributed by atoms with Crippen molar-refractivity contribution >= 4 is 0 Å². The standard InChI is InChI=1S/C12H18N2O3/c1-2-9-8-13-14-12(9)10(3-1)15-5-4-11-16-6-7-17-11/h8,10-11H,1-7H2,(H,13,14). The van der Waals surface area contributed by atoms with Crippen LogP contribution in [0.15, 0.2) is 6.20 Å². The average Bonchev–Trinajstić information content (AvgIpc) is 2.99. The molecule has 0 spiro atoms. The van der Waals surface area contributed by atoms with Crippen LogP contribution in [0.2, 0.25) is 0 Å². The molecule has 0 saturated carbocycles. The summed E-state index contributed by atoms with van der Waals surface area (Å²) in [5.41, 5.74) is 2.46. The third-order valence-electron chi connectivity index (χ3n) is 3.35. The van der Waals surface area contributed by atoms with Crippen LogP contribution in [0.1, 0.15) is 36.6 Å². The second-order valence-corrected chi connectivity index (χ2v) is 4.52. The van der Waals surface area contributed by atoms with E-state index >= 15 is 0 Å². The van der Waals surface area contributed by atoms with Gasteiger partial charge in [-0.25, -0.2) is 0 Å². The van der Waals surface area contributed by atoms with Crippen molar-refractivity contribution in [3.63, 3.8) is 0 Å². The monoisotopic (exact) mass is 238 g/mol. The summed E-state index contributed by atoms with van der Waals surface area (Å²) in [6.45, 7) is 2.09. The van der Waals surface area contributed by atoms with Crippen LogP contribution in [0.5, 0.6) is 0 Å². The lowest BCUT2D eigenvalue weighted by atomic mass is 9.96. The van der Waals surface area contributed by atoms with Gasteiger partial charge in [0.05, 0.1) is 37.8 Å². The molecule has 2 heterocycles. The third kappa shape index (κ3) is 2.51. The molecule has 1 aromatic heterocycles. The van der Waals surface area contributed by atoms with Gasteiger partial charge in [0, 0.05) is 6.42 Å². The van der Waals surface area contributed by atoms with Crippen LogP contribution < -0.4 is 0 Å². The first-order valence-corrected chi connectivity index (χ1v) is 6.30. The van der Waals surface area contributed by atoms with E-state index in [4.69, 9.17) is 14.2 Å². The number of rotatable bonds is 4. The zero-order chi connectivity index (χ0) is 11.5. The van der Waals surface area contributed by atoms with Crippen molar-refractivity contribution in [3.8, 4) is 0 Å². The molecule has 1 N–H and O–H groups in total. The summed E-state index contributed by atoms with van der Waals surface area (Å²) in [7, 11) is 0. The predicted octanol–water partition coefficient (Wildman–Crippen LogP) is 1.57. The number of aryl methyl sites for hydroxylation is 1. The minimum Gasteiger partial charge on any atom is -0.372 e. The minimum absolute atomic E-state index is 0.0696. The van der Waals surface area contributed by atoms with E-state index in [9.17, 15) is 0 Å². The largest absolute Gasteiger partial charge is 0.372 e. The van der Waals surface area contributed by atoms with Gasteiger partial charge in [0.1, 0.15) is 0 Å². The number of aromatic nitrogens is 2. The van der Waals surface area contributed by atoms with E-state index < -0.39 is 0 Å². The number of nitrogens with zero attached hydrogens (tertiary/aromatic N) is 1. The number of H-pyrrole nitrogens is 1. The molecule has 5 nitrogen and oxygen atoms in total. The fraction of sp³-hybridized carbons (Fsp3) is 0.750. The maximum atomic E-state index is 5.90. The number of nitrogens with one attached hydrogen (secondary N) is 1. The van der Waals surface area contributed by atoms with Crippen LogP contribution in [-0.4, -0.2) is 36.3 Å². The highest BCUT2D eigenvalue weighted by Crippen LogP contribution is 2.30. The molecule has 2 aliphatic rings. The Morgan fingerprint density at radius 2 is 2.29 bits per heavy atom. The van der Waals surface area contributed by atoms with Crippen LogP contribution in [0.4, 0.5) is 0 Å². The molecule has 1 aliphatic heterocycles. The van der Waals surface area contributed by atoms with Gasteiger partial charge in [0.15, 0.2) is 6.29 Å². The summed E-state index contributed by atoms with van der Waals surface area (Å²) in [5.74, 6) is 0. The summed E-state index contributed by atoms with van der Waals surface area (Å²) >= 11 is 0. The second kappa shape index (κ2) is 5.16. The normalized spacial score (nSPS) is 25.1. The molecular weight excluding hydrogens is 220 g/mol. The molecule has 1 aromatic rings. The lowest BCUT2D eigenvalue weighted by Crippen LogP contribution is -2.16. The van der Waals surface area contributed by atoms with Gasteiger partial charge in [-0.2, -0.15) is 5.10 Å². The Kier molecular flexibility index (Phi) is 3.40. The van der Waals surface area contributed by atoms with Gasteiger partial charge >= 0.3 is 0 Å². The molecule has 0 amide bonds. The number of hydrogen-bond acceptors (Lipinski definition) is 4. The lowest BCUT2D eigenvalue weighted by molar-refractivity contribution is -0.0722. The SMILES string of the molecule is c1n[nH]c2c1CCCC2OCCC1OCCO1. The van der Waals surface area contributed by atoms with E-state index in [1.807, 2.05) is 6.20 Å². The average molecular weight is 238 g/mol. The molecule has 1 atom stereocenters. The zero-order valence-corrected chi connectivity index (χ0v) is 9.85. The first-order valence-electron chi connectivity index (χ1n) is 6.30. The van der Waals surface area contributed by atoms with Crippen molar-refractivity contribution in [2.75, 3.05) is 19.8 Å². The molecule has 0 radical (unpaired) electrons. The Labute approximate surface area is 100 Å². The predicted molar refractivity (Wildman–Crippen MR) is 60.5 cm³/mol. The third-order valence-corrected chi connectivity index (χ3v) is 3.35. The maximum absolute atomic E-state index is 5.90. The fourth-order valence-corrected chi connectivity index (χ4v) is 2.47. The van der Waals surface area contributed by atoms with Crippen LogP contribution in [0.3, 0.4) is 0 Å². The summed E-state index contributed by atoms with van der Waals surface area (Å²) in [6.07, 6.45) is 6.17. The van der Waals surface area contributed by atoms with E-state index in [1.165, 1.54) is 12.0 Å². The molecular formula is C12H18N2O3. The first kappa shape index (κ1) is 11.2. The Balaban J connectivity index is 1.49. The van der Waals surface area contributed by atoms with Crippen molar-refractivity contribution < 1.29 is 14.2 Å². The van der Waals surface area contributed by atoms with Crippen LogP contribution >= 0.6 is 0 Å². The Hall–Kier alpha value is -0.910. The fourth-order valence-electron chi connectivity index (χ4n) is 2.47. The smallest absolute Gasteiger partial charge is 0.160 e. The van der Waals surface area contributed by atoms with E-state index in [2.05, 4.69) is 10.2 Å². The lowest BCUT2D eigenvalue weighted by Gasteiger charge is -2.22. The van der Waals surface area contributed by atoms with Crippen LogP contribution in [0, 0.1) is 0 Å². The van der Waals surface area contributed by atoms with E-state index in [0.717, 1.165) is 25.0 Å². The van der Waals surface area contributed by atoms with Gasteiger partial charge in [-0.1, -0.05) is 0 Å². The molecule has 17 heavy (non-hydrogen) atoms. The molecule has 0 aromatic carbocycles. The van der Waals surface area contributed by atoms with Gasteiger partial charge in [-0.3, -0.25) is 5.10 Å². The highest BCUT2D eigenvalue weighted by atomic mass is 16.7. The van der Waals surface area contributed by atoms with Crippen molar-refractivity contribution in [2.45, 2.75) is 38.1 Å². The molecule has 1 aliphatic carbocycles. The van der Waals surface area contributed by atoms with Crippen LogP contribution in [0.25, 0.3) is 0 Å². The van der Waals surface area contributed by atoms with E-state index in [0.29, 0.717) is 19.8 Å². The van der Waals surface area contributed by atoms with Gasteiger partial charge < -0.3 is 14.2 Å². The van der Waals surface area contributed by atoms with Gasteiger partial charge in [0.25, 0.3) is 0 Å². The highest BCUT2D eigenvalue weighted by molar-refractivity contribution is 5.21. The van der Waals surface area contributed by atoms with Crippen molar-refractivity contribution in [3.05, 3.63) is 17.5 Å².